The summed E-state index contributed by atoms with van der Waals surface area (Å²) in [5.41, 5.74) is 10.8. The number of amides is 3. The number of carbonyl (C=O) groups excluding carboxylic acids is 2. The maximum atomic E-state index is 13.2. The third-order valence-electron chi connectivity index (χ3n) is 6.38. The van der Waals surface area contributed by atoms with Crippen LogP contribution in [0.3, 0.4) is 0 Å². The Morgan fingerprint density at radius 1 is 1.31 bits per heavy atom. The van der Waals surface area contributed by atoms with Crippen LogP contribution in [0.15, 0.2) is 0 Å². The summed E-state index contributed by atoms with van der Waals surface area (Å²) in [4.78, 5) is 27.6. The number of nitrogens with zero attached hydrogens (tertiary/aromatic N) is 2. The molecule has 2 aliphatic carbocycles. The Bertz CT molecular complexity index is 787. The lowest BCUT2D eigenvalue weighted by Crippen LogP contribution is -2.54. The van der Waals surface area contributed by atoms with Crippen LogP contribution >= 0.6 is 0 Å². The van der Waals surface area contributed by atoms with Gasteiger partial charge in [-0.3, -0.25) is 9.69 Å². The van der Waals surface area contributed by atoms with Crippen molar-refractivity contribution in [2.75, 3.05) is 6.54 Å². The number of nitrogens with one attached hydrogen (secondary N) is 3. The number of sulfonamides is 1. The van der Waals surface area contributed by atoms with Crippen molar-refractivity contribution in [1.82, 2.24) is 25.4 Å². The second kappa shape index (κ2) is 7.34. The highest BCUT2D eigenvalue weighted by atomic mass is 32.2. The van der Waals surface area contributed by atoms with Gasteiger partial charge in [0.2, 0.25) is 22.3 Å². The fourth-order valence-corrected chi connectivity index (χ4v) is 6.49. The van der Waals surface area contributed by atoms with Crippen LogP contribution < -0.4 is 21.3 Å². The number of rotatable bonds is 7. The number of hydrazine groups is 1. The molecular formula is C17H30N6O5S. The first-order chi connectivity index (χ1) is 13.6. The summed E-state index contributed by atoms with van der Waals surface area (Å²) in [6.07, 6.45) is 2.12. The molecule has 0 spiro atoms. The van der Waals surface area contributed by atoms with Crippen molar-refractivity contribution in [3.8, 4) is 0 Å². The van der Waals surface area contributed by atoms with Gasteiger partial charge in [-0.25, -0.2) is 28.8 Å². The van der Waals surface area contributed by atoms with Crippen molar-refractivity contribution in [3.63, 3.8) is 0 Å². The van der Waals surface area contributed by atoms with E-state index in [1.54, 1.807) is 9.80 Å². The Morgan fingerprint density at radius 3 is 2.62 bits per heavy atom. The van der Waals surface area contributed by atoms with Crippen LogP contribution in [0, 0.1) is 0 Å². The molecule has 164 valence electrons. The minimum Gasteiger partial charge on any atom is -0.370 e. The molecule has 4 aliphatic rings. The Balaban J connectivity index is 1.55. The van der Waals surface area contributed by atoms with E-state index >= 15 is 0 Å². The molecule has 2 heterocycles. The smallest absolute Gasteiger partial charge is 0.323 e. The zero-order valence-corrected chi connectivity index (χ0v) is 17.6. The van der Waals surface area contributed by atoms with Gasteiger partial charge in [-0.15, -0.1) is 0 Å². The molecule has 2 aliphatic heterocycles. The Kier molecular flexibility index (Phi) is 5.26. The Hall–Kier alpha value is -1.47. The molecule has 12 heteroatoms. The van der Waals surface area contributed by atoms with Gasteiger partial charge in [0.1, 0.15) is 6.23 Å². The molecule has 5 N–H and O–H groups in total. The lowest BCUT2D eigenvalue weighted by molar-refractivity contribution is -0.118. The number of hydrogen-bond donors (Lipinski definition) is 4. The fraction of sp³-hybridized carbons (Fsp3) is 0.882. The first kappa shape index (κ1) is 20.8. The van der Waals surface area contributed by atoms with Gasteiger partial charge in [0.15, 0.2) is 0 Å². The zero-order chi connectivity index (χ0) is 21.0. The highest BCUT2D eigenvalue weighted by Crippen LogP contribution is 2.40. The molecule has 0 aromatic rings. The number of nitrogens with two attached hydrogens (primary N) is 1. The van der Waals surface area contributed by atoms with Crippen LogP contribution in [-0.4, -0.2) is 72.2 Å². The van der Waals surface area contributed by atoms with E-state index in [1.165, 1.54) is 0 Å². The van der Waals surface area contributed by atoms with Crippen molar-refractivity contribution in [2.45, 2.75) is 87.8 Å². The molecule has 0 radical (unpaired) electrons. The van der Waals surface area contributed by atoms with Gasteiger partial charge in [0, 0.05) is 18.5 Å². The quantitative estimate of drug-likeness (QED) is 0.410. The minimum atomic E-state index is -3.49. The van der Waals surface area contributed by atoms with E-state index in [2.05, 4.69) is 15.6 Å². The number of ether oxygens (including phenoxy) is 1. The normalized spacial score (nSPS) is 36.3. The maximum Gasteiger partial charge on any atom is 0.323 e. The Morgan fingerprint density at radius 2 is 2.03 bits per heavy atom. The molecule has 4 rings (SSSR count). The average Bonchev–Trinajstić information content (AvgIpc) is 3.07. The number of carbonyl (C=O) groups is 2. The Labute approximate surface area is 170 Å². The van der Waals surface area contributed by atoms with Gasteiger partial charge >= 0.3 is 6.03 Å². The second-order valence-corrected chi connectivity index (χ2v) is 10.8. The lowest BCUT2D eigenvalue weighted by atomic mass is 9.89. The van der Waals surface area contributed by atoms with E-state index in [0.29, 0.717) is 19.3 Å². The molecule has 0 bridgehead atoms. The summed E-state index contributed by atoms with van der Waals surface area (Å²) in [6.45, 7) is 3.94. The lowest BCUT2D eigenvalue weighted by Gasteiger charge is -2.37. The number of hydrogen-bond acceptors (Lipinski definition) is 7. The summed E-state index contributed by atoms with van der Waals surface area (Å²) in [6, 6.07) is -0.775. The predicted octanol–water partition coefficient (Wildman–Crippen LogP) is -0.885. The highest BCUT2D eigenvalue weighted by molar-refractivity contribution is 7.90. The third kappa shape index (κ3) is 4.08. The van der Waals surface area contributed by atoms with Crippen LogP contribution in [0.25, 0.3) is 0 Å². The topological polar surface area (TPSA) is 146 Å². The SMILES string of the molecule is CC1NNC(N2C(=O)N(CCC(N)=O)C3CCC(S(=O)(=O)NC4(C)CC4)CC32)O1. The highest BCUT2D eigenvalue weighted by Gasteiger charge is 2.54. The summed E-state index contributed by atoms with van der Waals surface area (Å²) in [5.74, 6) is -0.475. The average molecular weight is 431 g/mol. The van der Waals surface area contributed by atoms with Gasteiger partial charge in [-0.05, 0) is 46.0 Å². The predicted molar refractivity (Wildman–Crippen MR) is 103 cm³/mol. The monoisotopic (exact) mass is 430 g/mol. The summed E-state index contributed by atoms with van der Waals surface area (Å²) >= 11 is 0. The van der Waals surface area contributed by atoms with Gasteiger partial charge in [0.25, 0.3) is 0 Å². The largest absolute Gasteiger partial charge is 0.370 e. The first-order valence-electron chi connectivity index (χ1n) is 10.2. The van der Waals surface area contributed by atoms with E-state index in [0.717, 1.165) is 12.8 Å². The molecule has 29 heavy (non-hydrogen) atoms. The zero-order valence-electron chi connectivity index (χ0n) is 16.8. The van der Waals surface area contributed by atoms with E-state index < -0.39 is 27.5 Å². The minimum absolute atomic E-state index is 0.0675. The van der Waals surface area contributed by atoms with E-state index in [4.69, 9.17) is 10.5 Å². The van der Waals surface area contributed by atoms with Gasteiger partial charge in [-0.1, -0.05) is 0 Å². The van der Waals surface area contributed by atoms with Crippen LogP contribution in [0.4, 0.5) is 4.79 Å². The molecular weight excluding hydrogens is 400 g/mol. The van der Waals surface area contributed by atoms with Crippen LogP contribution in [-0.2, 0) is 19.6 Å². The van der Waals surface area contributed by atoms with Crippen molar-refractivity contribution in [1.29, 1.82) is 0 Å². The molecule has 5 atom stereocenters. The molecule has 0 aromatic heterocycles. The van der Waals surface area contributed by atoms with Crippen LogP contribution in [0.2, 0.25) is 0 Å². The van der Waals surface area contributed by atoms with E-state index in [9.17, 15) is 18.0 Å². The molecule has 0 aromatic carbocycles. The van der Waals surface area contributed by atoms with Crippen molar-refractivity contribution in [3.05, 3.63) is 0 Å². The first-order valence-corrected chi connectivity index (χ1v) is 11.7. The van der Waals surface area contributed by atoms with Crippen molar-refractivity contribution >= 4 is 22.0 Å². The molecule has 3 amide bonds. The number of urea groups is 1. The molecule has 2 saturated carbocycles. The fourth-order valence-electron chi connectivity index (χ4n) is 4.54. The maximum absolute atomic E-state index is 13.2. The van der Waals surface area contributed by atoms with Crippen molar-refractivity contribution < 1.29 is 22.7 Å². The summed E-state index contributed by atoms with van der Waals surface area (Å²) in [7, 11) is -3.49. The standard InChI is InChI=1S/C17H30N6O5S/c1-10-19-20-15(28-10)23-13-9-11(29(26,27)21-17(2)6-7-17)3-4-12(13)22(16(23)25)8-5-14(18)24/h10-13,15,19-21H,3-9H2,1-2H3,(H2,18,24). The van der Waals surface area contributed by atoms with E-state index in [-0.39, 0.29) is 42.8 Å². The van der Waals surface area contributed by atoms with Gasteiger partial charge in [0.05, 0.1) is 17.3 Å². The number of primary amides is 1. The second-order valence-electron chi connectivity index (χ2n) is 8.80. The molecule has 2 saturated heterocycles. The van der Waals surface area contributed by atoms with E-state index in [1.807, 2.05) is 13.8 Å². The van der Waals surface area contributed by atoms with Crippen molar-refractivity contribution in [2.24, 2.45) is 5.73 Å². The summed E-state index contributed by atoms with van der Waals surface area (Å²) in [5, 5.41) is -0.570. The molecule has 5 unspecified atom stereocenters. The third-order valence-corrected chi connectivity index (χ3v) is 8.46. The van der Waals surface area contributed by atoms with Crippen LogP contribution in [0.1, 0.15) is 52.4 Å². The van der Waals surface area contributed by atoms with Crippen LogP contribution in [0.5, 0.6) is 0 Å². The van der Waals surface area contributed by atoms with Gasteiger partial charge < -0.3 is 15.4 Å². The van der Waals surface area contributed by atoms with Gasteiger partial charge in [-0.2, -0.15) is 0 Å². The summed E-state index contributed by atoms with van der Waals surface area (Å²) < 4.78 is 34.5. The molecule has 11 nitrogen and oxygen atoms in total. The number of fused-ring (bicyclic) bond motifs is 1. The molecule has 4 fully saturated rings.